The molecule has 0 aliphatic heterocycles. The first-order valence-corrected chi connectivity index (χ1v) is 4.88. The van der Waals surface area contributed by atoms with Crippen LogP contribution in [0.1, 0.15) is 9.30 Å². The summed E-state index contributed by atoms with van der Waals surface area (Å²) in [4.78, 5) is 0. The molecule has 10 heavy (non-hydrogen) atoms. The molecule has 0 saturated carbocycles. The molecular weight excluding hydrogens is 255 g/mol. The molecule has 0 fully saturated rings. The van der Waals surface area contributed by atoms with Gasteiger partial charge in [-0.2, -0.15) is 0 Å². The fourth-order valence-corrected chi connectivity index (χ4v) is 1.86. The molecular formula is C7H7BBr2. The van der Waals surface area contributed by atoms with E-state index in [1.807, 2.05) is 12.1 Å². The lowest BCUT2D eigenvalue weighted by Gasteiger charge is -2.04. The molecule has 0 unspecified atom stereocenters. The maximum absolute atomic E-state index is 3.45. The molecule has 52 valence electrons. The molecule has 0 radical (unpaired) electrons. The van der Waals surface area contributed by atoms with Crippen molar-refractivity contribution in [3.63, 3.8) is 0 Å². The highest BCUT2D eigenvalue weighted by atomic mass is 79.9. The van der Waals surface area contributed by atoms with E-state index in [9.17, 15) is 0 Å². The van der Waals surface area contributed by atoms with Crippen molar-refractivity contribution in [3.8, 4) is 0 Å². The Balaban J connectivity index is 3.03. The molecule has 0 aliphatic rings. The van der Waals surface area contributed by atoms with Crippen molar-refractivity contribution in [2.24, 2.45) is 0 Å². The van der Waals surface area contributed by atoms with E-state index >= 15 is 0 Å². The van der Waals surface area contributed by atoms with Crippen LogP contribution in [-0.2, 0) is 0 Å². The van der Waals surface area contributed by atoms with E-state index in [1.54, 1.807) is 0 Å². The van der Waals surface area contributed by atoms with Crippen LogP contribution in [0.2, 0.25) is 0 Å². The largest absolute Gasteiger partial charge is 0.139 e. The summed E-state index contributed by atoms with van der Waals surface area (Å²) in [6.45, 7) is 0. The zero-order chi connectivity index (χ0) is 7.56. The Morgan fingerprint density at radius 2 is 1.80 bits per heavy atom. The number of rotatable bonds is 1. The van der Waals surface area contributed by atoms with Crippen molar-refractivity contribution in [1.29, 1.82) is 0 Å². The number of halogens is 2. The Morgan fingerprint density at radius 3 is 2.20 bits per heavy atom. The van der Waals surface area contributed by atoms with E-state index < -0.39 is 0 Å². The van der Waals surface area contributed by atoms with Gasteiger partial charge in [-0.3, -0.25) is 0 Å². The summed E-state index contributed by atoms with van der Waals surface area (Å²) >= 11 is 6.90. The minimum Gasteiger partial charge on any atom is -0.0839 e. The maximum Gasteiger partial charge on any atom is 0.139 e. The van der Waals surface area contributed by atoms with Crippen LogP contribution < -0.4 is 5.46 Å². The number of hydrogen-bond acceptors (Lipinski definition) is 0. The molecule has 1 aromatic rings. The van der Waals surface area contributed by atoms with Gasteiger partial charge in [0.2, 0.25) is 0 Å². The van der Waals surface area contributed by atoms with Gasteiger partial charge in [-0.05, 0) is 5.56 Å². The second-order valence-electron chi connectivity index (χ2n) is 2.16. The summed E-state index contributed by atoms with van der Waals surface area (Å²) in [7, 11) is 2.10. The first kappa shape index (κ1) is 8.34. The van der Waals surface area contributed by atoms with E-state index in [4.69, 9.17) is 0 Å². The highest BCUT2D eigenvalue weighted by Crippen LogP contribution is 2.26. The second kappa shape index (κ2) is 3.58. The quantitative estimate of drug-likeness (QED) is 0.534. The van der Waals surface area contributed by atoms with Gasteiger partial charge in [0.1, 0.15) is 7.85 Å². The fraction of sp³-hybridized carbons (Fsp3) is 0.143. The van der Waals surface area contributed by atoms with Gasteiger partial charge in [0.15, 0.2) is 0 Å². The summed E-state index contributed by atoms with van der Waals surface area (Å²) in [5.41, 5.74) is 2.60. The average molecular weight is 262 g/mol. The Morgan fingerprint density at radius 1 is 1.20 bits per heavy atom. The van der Waals surface area contributed by atoms with Crippen LogP contribution in [0.5, 0.6) is 0 Å². The first-order chi connectivity index (χ1) is 4.72. The van der Waals surface area contributed by atoms with Crippen molar-refractivity contribution in [3.05, 3.63) is 29.8 Å². The molecule has 0 bridgehead atoms. The highest BCUT2D eigenvalue weighted by Gasteiger charge is 2.02. The minimum absolute atomic E-state index is 0.279. The van der Waals surface area contributed by atoms with Crippen LogP contribution >= 0.6 is 31.9 Å². The molecule has 3 heteroatoms. The van der Waals surface area contributed by atoms with Crippen LogP contribution in [0.4, 0.5) is 0 Å². The minimum atomic E-state index is 0.279. The Hall–Kier alpha value is 0.245. The van der Waals surface area contributed by atoms with Gasteiger partial charge in [-0.15, -0.1) is 0 Å². The molecule has 1 rings (SSSR count). The van der Waals surface area contributed by atoms with Crippen molar-refractivity contribution >= 4 is 45.2 Å². The van der Waals surface area contributed by atoms with Crippen molar-refractivity contribution < 1.29 is 0 Å². The molecule has 0 nitrogen and oxygen atoms in total. The van der Waals surface area contributed by atoms with E-state index in [1.165, 1.54) is 11.0 Å². The average Bonchev–Trinajstić information content (AvgIpc) is 1.88. The van der Waals surface area contributed by atoms with Gasteiger partial charge < -0.3 is 0 Å². The van der Waals surface area contributed by atoms with Crippen LogP contribution in [0.25, 0.3) is 0 Å². The predicted molar refractivity (Wildman–Crippen MR) is 55.2 cm³/mol. The van der Waals surface area contributed by atoms with E-state index in [2.05, 4.69) is 51.8 Å². The second-order valence-corrected chi connectivity index (χ2v) is 5.22. The van der Waals surface area contributed by atoms with Gasteiger partial charge >= 0.3 is 0 Å². The summed E-state index contributed by atoms with van der Waals surface area (Å²) in [6, 6.07) is 8.29. The topological polar surface area (TPSA) is 0 Å². The maximum atomic E-state index is 3.45. The van der Waals surface area contributed by atoms with Gasteiger partial charge in [0.25, 0.3) is 0 Å². The van der Waals surface area contributed by atoms with Crippen LogP contribution in [-0.4, -0.2) is 7.85 Å². The molecule has 1 aromatic carbocycles. The van der Waals surface area contributed by atoms with Gasteiger partial charge in [0, 0.05) is 0 Å². The smallest absolute Gasteiger partial charge is 0.0839 e. The van der Waals surface area contributed by atoms with E-state index in [0.29, 0.717) is 0 Å². The Kier molecular flexibility index (Phi) is 2.99. The van der Waals surface area contributed by atoms with Crippen molar-refractivity contribution in [2.75, 3.05) is 0 Å². The van der Waals surface area contributed by atoms with Gasteiger partial charge in [0.05, 0.1) is 3.74 Å². The summed E-state index contributed by atoms with van der Waals surface area (Å²) in [5, 5.41) is 0. The standard InChI is InChI=1S/C7H7BBr2/c8-6-4-2-1-3-5(6)7(9)10/h1-4,7H,8H2. The number of benzene rings is 1. The van der Waals surface area contributed by atoms with Gasteiger partial charge in [-0.25, -0.2) is 0 Å². The van der Waals surface area contributed by atoms with Crippen LogP contribution in [0.3, 0.4) is 0 Å². The third kappa shape index (κ3) is 1.86. The summed E-state index contributed by atoms with van der Waals surface area (Å²) in [6.07, 6.45) is 0. The lowest BCUT2D eigenvalue weighted by Crippen LogP contribution is -2.08. The molecule has 0 aliphatic carbocycles. The lowest BCUT2D eigenvalue weighted by molar-refractivity contribution is 1.46. The molecule has 0 heterocycles. The monoisotopic (exact) mass is 260 g/mol. The van der Waals surface area contributed by atoms with Crippen molar-refractivity contribution in [2.45, 2.75) is 3.74 Å². The molecule has 0 N–H and O–H groups in total. The summed E-state index contributed by atoms with van der Waals surface area (Å²) in [5.74, 6) is 0. The van der Waals surface area contributed by atoms with Crippen LogP contribution in [0, 0.1) is 0 Å². The zero-order valence-corrected chi connectivity index (χ0v) is 8.81. The van der Waals surface area contributed by atoms with E-state index in [0.717, 1.165) is 0 Å². The Labute approximate surface area is 78.7 Å². The van der Waals surface area contributed by atoms with Crippen LogP contribution in [0.15, 0.2) is 24.3 Å². The number of hydrogen-bond donors (Lipinski definition) is 0. The molecule has 0 amide bonds. The Bertz CT molecular complexity index is 223. The van der Waals surface area contributed by atoms with Crippen molar-refractivity contribution in [1.82, 2.24) is 0 Å². The third-order valence-corrected chi connectivity index (χ3v) is 2.41. The van der Waals surface area contributed by atoms with Gasteiger partial charge in [-0.1, -0.05) is 61.6 Å². The fourth-order valence-electron chi connectivity index (χ4n) is 0.832. The number of alkyl halides is 2. The van der Waals surface area contributed by atoms with E-state index in [-0.39, 0.29) is 3.74 Å². The molecule has 0 saturated heterocycles. The molecule has 0 atom stereocenters. The third-order valence-electron chi connectivity index (χ3n) is 1.42. The predicted octanol–water partition coefficient (Wildman–Crippen LogP) is 1.73. The lowest BCUT2D eigenvalue weighted by atomic mass is 9.92. The molecule has 0 spiro atoms. The summed E-state index contributed by atoms with van der Waals surface area (Å²) < 4.78 is 0.279. The normalized spacial score (nSPS) is 10.3. The SMILES string of the molecule is Bc1ccccc1C(Br)Br. The highest BCUT2D eigenvalue weighted by molar-refractivity contribution is 9.24. The first-order valence-electron chi connectivity index (χ1n) is 3.05. The molecule has 0 aromatic heterocycles. The zero-order valence-electron chi connectivity index (χ0n) is 5.64.